The van der Waals surface area contributed by atoms with Gasteiger partial charge in [0, 0.05) is 30.5 Å². The average molecular weight is 558 g/mol. The number of amides is 1. The molecule has 8 nitrogen and oxygen atoms in total. The second-order valence-electron chi connectivity index (χ2n) is 7.96. The molecule has 1 fully saturated rings. The summed E-state index contributed by atoms with van der Waals surface area (Å²) >= 11 is 18.4. The first kappa shape index (κ1) is 26.2. The molecule has 1 aliphatic rings. The minimum absolute atomic E-state index is 0.0182. The van der Waals surface area contributed by atoms with E-state index in [1.807, 2.05) is 35.9 Å². The summed E-state index contributed by atoms with van der Waals surface area (Å²) in [6.07, 6.45) is 1.34. The van der Waals surface area contributed by atoms with Gasteiger partial charge in [0.25, 0.3) is 9.70 Å². The van der Waals surface area contributed by atoms with Gasteiger partial charge in [0.15, 0.2) is 11.4 Å². The maximum absolute atomic E-state index is 11.9. The summed E-state index contributed by atoms with van der Waals surface area (Å²) in [5.41, 5.74) is 3.09. The molecule has 2 N–H and O–H groups in total. The van der Waals surface area contributed by atoms with Gasteiger partial charge in [-0.3, -0.25) is 4.79 Å². The highest BCUT2D eigenvalue weighted by molar-refractivity contribution is 7.99. The summed E-state index contributed by atoms with van der Waals surface area (Å²) < 4.78 is 12.4. The molecule has 2 aromatic carbocycles. The molecule has 12 heteroatoms. The summed E-state index contributed by atoms with van der Waals surface area (Å²) in [6, 6.07) is 14.7. The summed E-state index contributed by atoms with van der Waals surface area (Å²) in [5, 5.41) is 20.8. The predicted molar refractivity (Wildman–Crippen MR) is 136 cm³/mol. The van der Waals surface area contributed by atoms with E-state index in [0.29, 0.717) is 17.9 Å². The molecule has 0 radical (unpaired) electrons. The number of ether oxygens (including phenoxy) is 2. The number of aromatic nitrogens is 3. The van der Waals surface area contributed by atoms with Crippen LogP contribution < -0.4 is 5.32 Å². The first-order chi connectivity index (χ1) is 16.7. The molecule has 0 spiro atoms. The molecule has 3 aromatic rings. The Labute approximate surface area is 221 Å². The van der Waals surface area contributed by atoms with Crippen molar-refractivity contribution in [1.82, 2.24) is 14.8 Å². The van der Waals surface area contributed by atoms with Crippen LogP contribution in [0.4, 0.5) is 5.69 Å². The zero-order valence-electron chi connectivity index (χ0n) is 18.6. The first-order valence-electron chi connectivity index (χ1n) is 10.7. The standard InChI is InChI=1S/C23H23Cl3N4O4S/c1-30-13-27-29-22(30)35-12-18-10-19(15-4-2-14(11-31)3-5-15)34-20(33-18)16-6-8-17(9-7-16)28-21(32)23(24,25)26/h2-9,13,18-20,31H,10-12H2,1H3,(H,28,32)/t18-,19+,20+/m1/s1. The minimum atomic E-state index is -2.05. The number of hydrogen-bond donors (Lipinski definition) is 2. The van der Waals surface area contributed by atoms with Crippen LogP contribution in [-0.2, 0) is 27.9 Å². The lowest BCUT2D eigenvalue weighted by Crippen LogP contribution is -2.31. The molecule has 1 aromatic heterocycles. The number of alkyl halides is 3. The number of anilines is 1. The van der Waals surface area contributed by atoms with Crippen LogP contribution in [0.15, 0.2) is 60.0 Å². The van der Waals surface area contributed by atoms with Crippen LogP contribution in [0.3, 0.4) is 0 Å². The molecule has 0 bridgehead atoms. The van der Waals surface area contributed by atoms with Gasteiger partial charge in [-0.15, -0.1) is 10.2 Å². The van der Waals surface area contributed by atoms with Crippen LogP contribution in [0.5, 0.6) is 0 Å². The molecule has 1 saturated heterocycles. The van der Waals surface area contributed by atoms with Gasteiger partial charge in [0.05, 0.1) is 18.8 Å². The molecule has 1 amide bonds. The van der Waals surface area contributed by atoms with Crippen LogP contribution in [0.25, 0.3) is 0 Å². The number of benzene rings is 2. The van der Waals surface area contributed by atoms with Gasteiger partial charge in [-0.1, -0.05) is 83.0 Å². The summed E-state index contributed by atoms with van der Waals surface area (Å²) in [6.45, 7) is -0.0182. The Hall–Kier alpha value is -1.85. The van der Waals surface area contributed by atoms with Crippen molar-refractivity contribution in [2.24, 2.45) is 7.05 Å². The zero-order chi connectivity index (χ0) is 25.0. The Morgan fingerprint density at radius 1 is 1.14 bits per heavy atom. The number of nitrogens with one attached hydrogen (secondary N) is 1. The second-order valence-corrected chi connectivity index (χ2v) is 11.2. The Morgan fingerprint density at radius 2 is 1.83 bits per heavy atom. The van der Waals surface area contributed by atoms with Crippen molar-refractivity contribution >= 4 is 58.2 Å². The van der Waals surface area contributed by atoms with Crippen LogP contribution >= 0.6 is 46.6 Å². The Kier molecular flexibility index (Phi) is 8.59. The molecule has 0 unspecified atom stereocenters. The van der Waals surface area contributed by atoms with E-state index >= 15 is 0 Å². The SMILES string of the molecule is Cn1cnnc1SC[C@H]1C[C@@H](c2ccc(CO)cc2)O[C@@H](c2ccc(NC(=O)C(Cl)(Cl)Cl)cc2)O1. The number of thioether (sulfide) groups is 1. The highest BCUT2D eigenvalue weighted by Crippen LogP contribution is 2.39. The molecule has 0 aliphatic carbocycles. The number of aryl methyl sites for hydroxylation is 1. The van der Waals surface area contributed by atoms with Gasteiger partial charge in [-0.05, 0) is 23.3 Å². The van der Waals surface area contributed by atoms with Crippen LogP contribution in [0, 0.1) is 0 Å². The number of halogens is 3. The Morgan fingerprint density at radius 3 is 2.43 bits per heavy atom. The number of aliphatic hydroxyl groups excluding tert-OH is 1. The Bertz CT molecular complexity index is 1140. The number of hydrogen-bond acceptors (Lipinski definition) is 7. The number of carbonyl (C=O) groups excluding carboxylic acids is 1. The van der Waals surface area contributed by atoms with Gasteiger partial charge in [0.1, 0.15) is 6.33 Å². The monoisotopic (exact) mass is 556 g/mol. The fourth-order valence-electron chi connectivity index (χ4n) is 3.52. The van der Waals surface area contributed by atoms with Crippen molar-refractivity contribution < 1.29 is 19.4 Å². The quantitative estimate of drug-likeness (QED) is 0.313. The van der Waals surface area contributed by atoms with E-state index in [2.05, 4.69) is 15.5 Å². The van der Waals surface area contributed by atoms with E-state index in [9.17, 15) is 9.90 Å². The lowest BCUT2D eigenvalue weighted by atomic mass is 10.0. The zero-order valence-corrected chi connectivity index (χ0v) is 21.7. The number of nitrogens with zero attached hydrogens (tertiary/aromatic N) is 3. The maximum atomic E-state index is 11.9. The lowest BCUT2D eigenvalue weighted by Gasteiger charge is -2.36. The van der Waals surface area contributed by atoms with E-state index in [1.165, 1.54) is 0 Å². The van der Waals surface area contributed by atoms with E-state index < -0.39 is 16.0 Å². The van der Waals surface area contributed by atoms with Crippen molar-refractivity contribution in [3.8, 4) is 0 Å². The van der Waals surface area contributed by atoms with Crippen molar-refractivity contribution in [1.29, 1.82) is 0 Å². The Balaban J connectivity index is 1.51. The van der Waals surface area contributed by atoms with Crippen molar-refractivity contribution in [2.45, 2.75) is 40.5 Å². The molecule has 4 rings (SSSR count). The summed E-state index contributed by atoms with van der Waals surface area (Å²) in [4.78, 5) is 11.9. The highest BCUT2D eigenvalue weighted by atomic mass is 35.6. The van der Waals surface area contributed by atoms with Crippen LogP contribution in [0.2, 0.25) is 0 Å². The number of aliphatic hydroxyl groups is 1. The highest BCUT2D eigenvalue weighted by Gasteiger charge is 2.33. The number of carbonyl (C=O) groups is 1. The van der Waals surface area contributed by atoms with Crippen molar-refractivity contribution in [3.63, 3.8) is 0 Å². The average Bonchev–Trinajstić information content (AvgIpc) is 3.27. The largest absolute Gasteiger partial charge is 0.392 e. The fourth-order valence-corrected chi connectivity index (χ4v) is 4.57. The third kappa shape index (κ3) is 6.89. The van der Waals surface area contributed by atoms with E-state index in [1.54, 1.807) is 42.4 Å². The van der Waals surface area contributed by atoms with Crippen molar-refractivity contribution in [3.05, 3.63) is 71.5 Å². The minimum Gasteiger partial charge on any atom is -0.392 e. The maximum Gasteiger partial charge on any atom is 0.276 e. The summed E-state index contributed by atoms with van der Waals surface area (Å²) in [7, 11) is 1.89. The lowest BCUT2D eigenvalue weighted by molar-refractivity contribution is -0.245. The molecule has 2 heterocycles. The molecule has 186 valence electrons. The topological polar surface area (TPSA) is 98.5 Å². The van der Waals surface area contributed by atoms with Gasteiger partial charge in [-0.2, -0.15) is 0 Å². The van der Waals surface area contributed by atoms with Gasteiger partial charge >= 0.3 is 0 Å². The first-order valence-corrected chi connectivity index (χ1v) is 12.8. The molecule has 0 saturated carbocycles. The fraction of sp³-hybridized carbons (Fsp3) is 0.348. The van der Waals surface area contributed by atoms with Crippen LogP contribution in [0.1, 0.15) is 35.5 Å². The van der Waals surface area contributed by atoms with Crippen molar-refractivity contribution in [2.75, 3.05) is 11.1 Å². The number of rotatable bonds is 7. The molecular weight excluding hydrogens is 535 g/mol. The molecular formula is C23H23Cl3N4O4S. The van der Waals surface area contributed by atoms with E-state index in [0.717, 1.165) is 21.8 Å². The van der Waals surface area contributed by atoms with Gasteiger partial charge in [0.2, 0.25) is 0 Å². The molecule has 1 aliphatic heterocycles. The van der Waals surface area contributed by atoms with E-state index in [-0.39, 0.29) is 18.8 Å². The second kappa shape index (κ2) is 11.5. The molecule has 3 atom stereocenters. The third-order valence-corrected chi connectivity index (χ3v) is 7.06. The summed E-state index contributed by atoms with van der Waals surface area (Å²) in [5.74, 6) is -0.0812. The van der Waals surface area contributed by atoms with E-state index in [4.69, 9.17) is 44.3 Å². The smallest absolute Gasteiger partial charge is 0.276 e. The molecule has 35 heavy (non-hydrogen) atoms. The predicted octanol–water partition coefficient (Wildman–Crippen LogP) is 4.95. The van der Waals surface area contributed by atoms with Crippen LogP contribution in [-0.4, -0.2) is 41.4 Å². The third-order valence-electron chi connectivity index (χ3n) is 5.38. The van der Waals surface area contributed by atoms with Gasteiger partial charge in [-0.25, -0.2) is 0 Å². The normalized spacial score (nSPS) is 20.5. The van der Waals surface area contributed by atoms with Gasteiger partial charge < -0.3 is 24.5 Å².